The number of thiocarbonyl (C=S) groups is 1. The fraction of sp³-hybridized carbons (Fsp3) is 0.273. The summed E-state index contributed by atoms with van der Waals surface area (Å²) in [6, 6.07) is 7.84. The van der Waals surface area contributed by atoms with Crippen molar-refractivity contribution < 1.29 is 0 Å². The number of benzene rings is 1. The monoisotopic (exact) mass is 287 g/mol. The Bertz CT molecular complexity index is 478. The van der Waals surface area contributed by atoms with E-state index in [2.05, 4.69) is 19.5 Å². The molecule has 0 radical (unpaired) electrons. The minimum atomic E-state index is 0.262. The average molecular weight is 288 g/mol. The van der Waals surface area contributed by atoms with Gasteiger partial charge in [-0.2, -0.15) is 0 Å². The van der Waals surface area contributed by atoms with Crippen molar-refractivity contribution in [2.45, 2.75) is 19.9 Å². The molecule has 16 heavy (non-hydrogen) atoms. The zero-order valence-electron chi connectivity index (χ0n) is 8.98. The van der Waals surface area contributed by atoms with Crippen LogP contribution in [-0.4, -0.2) is 11.0 Å². The SMILES string of the molecule is CC(C)N(C(=S)C#P=S)c1ccc(Cl)cc1. The molecule has 0 N–H and O–H groups in total. The Morgan fingerprint density at radius 1 is 1.38 bits per heavy atom. The van der Waals surface area contributed by atoms with E-state index in [1.807, 2.05) is 29.2 Å². The molecule has 0 bridgehead atoms. The van der Waals surface area contributed by atoms with Gasteiger partial charge >= 0.3 is 113 Å². The van der Waals surface area contributed by atoms with E-state index in [0.717, 1.165) is 5.69 Å². The minimum absolute atomic E-state index is 0.262. The van der Waals surface area contributed by atoms with Gasteiger partial charge in [-0.05, 0) is 0 Å². The van der Waals surface area contributed by atoms with E-state index in [9.17, 15) is 0 Å². The van der Waals surface area contributed by atoms with Gasteiger partial charge in [-0.3, -0.25) is 0 Å². The number of hydrogen-bond acceptors (Lipinski definition) is 2. The second-order valence-electron chi connectivity index (χ2n) is 3.45. The Labute approximate surface area is 113 Å². The second kappa shape index (κ2) is 6.54. The molecule has 0 heterocycles. The molecule has 0 fully saturated rings. The van der Waals surface area contributed by atoms with E-state index in [4.69, 9.17) is 35.6 Å². The Kier molecular flexibility index (Phi) is 5.68. The molecule has 1 aromatic carbocycles. The van der Waals surface area contributed by atoms with Crippen molar-refractivity contribution in [3.05, 3.63) is 29.3 Å². The number of rotatable bonds is 2. The first-order valence-electron chi connectivity index (χ1n) is 4.73. The standard InChI is InChI=1S/C11H11ClNPS2/c1-8(2)13(11(15)7-14-16)10-5-3-9(12)4-6-10/h3-6,8H,1-2H3. The van der Waals surface area contributed by atoms with Gasteiger partial charge in [-0.15, -0.1) is 0 Å². The van der Waals surface area contributed by atoms with Gasteiger partial charge in [0.2, 0.25) is 0 Å². The van der Waals surface area contributed by atoms with Crippen LogP contribution in [0.25, 0.3) is 0 Å². The van der Waals surface area contributed by atoms with Crippen molar-refractivity contribution in [2.75, 3.05) is 4.90 Å². The summed E-state index contributed by atoms with van der Waals surface area (Å²) in [5.41, 5.74) is 3.96. The van der Waals surface area contributed by atoms with Crippen LogP contribution in [0.4, 0.5) is 5.69 Å². The van der Waals surface area contributed by atoms with Gasteiger partial charge in [0.25, 0.3) is 0 Å². The Balaban J connectivity index is 3.10. The summed E-state index contributed by atoms with van der Waals surface area (Å²) in [5.74, 6) is 0. The molecular weight excluding hydrogens is 277 g/mol. The molecule has 1 rings (SSSR count). The van der Waals surface area contributed by atoms with Crippen LogP contribution in [0.2, 0.25) is 5.02 Å². The predicted octanol–water partition coefficient (Wildman–Crippen LogP) is 4.25. The first kappa shape index (κ1) is 13.9. The van der Waals surface area contributed by atoms with Gasteiger partial charge in [-0.25, -0.2) is 0 Å². The van der Waals surface area contributed by atoms with Crippen molar-refractivity contribution in [3.63, 3.8) is 0 Å². The van der Waals surface area contributed by atoms with Crippen molar-refractivity contribution in [2.24, 2.45) is 0 Å². The van der Waals surface area contributed by atoms with Crippen LogP contribution in [0.3, 0.4) is 0 Å². The van der Waals surface area contributed by atoms with E-state index in [1.165, 1.54) is 0 Å². The van der Waals surface area contributed by atoms with Gasteiger partial charge in [0.1, 0.15) is 0 Å². The topological polar surface area (TPSA) is 3.24 Å². The molecule has 0 aliphatic carbocycles. The van der Waals surface area contributed by atoms with Crippen molar-refractivity contribution in [1.29, 1.82) is 0 Å². The van der Waals surface area contributed by atoms with Crippen molar-refractivity contribution in [1.82, 2.24) is 0 Å². The Morgan fingerprint density at radius 3 is 2.38 bits per heavy atom. The first-order valence-corrected chi connectivity index (χ1v) is 7.42. The fourth-order valence-electron chi connectivity index (χ4n) is 1.34. The van der Waals surface area contributed by atoms with Crippen LogP contribution in [0.1, 0.15) is 13.8 Å². The summed E-state index contributed by atoms with van der Waals surface area (Å²) in [6.07, 6.45) is 0. The first-order chi connectivity index (χ1) is 7.56. The molecule has 0 atom stereocenters. The van der Waals surface area contributed by atoms with Crippen molar-refractivity contribution >= 4 is 53.1 Å². The van der Waals surface area contributed by atoms with Gasteiger partial charge in [-0.1, -0.05) is 0 Å². The van der Waals surface area contributed by atoms with E-state index in [1.54, 1.807) is 0 Å². The number of halogens is 1. The van der Waals surface area contributed by atoms with Gasteiger partial charge in [0, 0.05) is 0 Å². The van der Waals surface area contributed by atoms with Crippen LogP contribution in [0.15, 0.2) is 24.3 Å². The molecule has 0 aliphatic heterocycles. The molecule has 0 saturated carbocycles. The Hall–Kier alpha value is -0.170. The Morgan fingerprint density at radius 2 is 1.94 bits per heavy atom. The van der Waals surface area contributed by atoms with E-state index in [0.29, 0.717) is 16.8 Å². The van der Waals surface area contributed by atoms with E-state index >= 15 is 0 Å². The third-order valence-electron chi connectivity index (χ3n) is 1.98. The van der Waals surface area contributed by atoms with Gasteiger partial charge in [0.05, 0.1) is 0 Å². The van der Waals surface area contributed by atoms with E-state index in [-0.39, 0.29) is 6.04 Å². The quantitative estimate of drug-likeness (QED) is 0.591. The van der Waals surface area contributed by atoms with Gasteiger partial charge < -0.3 is 0 Å². The van der Waals surface area contributed by atoms with Crippen LogP contribution >= 0.6 is 30.6 Å². The molecule has 0 unspecified atom stereocenters. The normalized spacial score (nSPS) is 9.75. The molecule has 0 aliphatic rings. The number of hydrogen-bond donors (Lipinski definition) is 0. The summed E-state index contributed by atoms with van der Waals surface area (Å²) in [5, 5.41) is 0.715. The third kappa shape index (κ3) is 3.69. The maximum atomic E-state index is 5.85. The maximum absolute atomic E-state index is 5.85. The summed E-state index contributed by atoms with van der Waals surface area (Å²) >= 11 is 16.0. The molecule has 0 amide bonds. The van der Waals surface area contributed by atoms with Crippen LogP contribution < -0.4 is 4.90 Å². The zero-order chi connectivity index (χ0) is 12.1. The second-order valence-corrected chi connectivity index (χ2v) is 5.23. The molecule has 84 valence electrons. The fourth-order valence-corrected chi connectivity index (χ4v) is 2.54. The molecular formula is C11H11ClNPS2. The molecule has 0 aromatic heterocycles. The summed E-state index contributed by atoms with van der Waals surface area (Å²) in [4.78, 5) is 2.64. The molecule has 1 nitrogen and oxygen atoms in total. The third-order valence-corrected chi connectivity index (χ3v) is 3.26. The molecule has 0 spiro atoms. The van der Waals surface area contributed by atoms with E-state index < -0.39 is 0 Å². The van der Waals surface area contributed by atoms with Gasteiger partial charge in [0.15, 0.2) is 0 Å². The summed E-state index contributed by atoms with van der Waals surface area (Å²) < 4.78 is 0. The van der Waals surface area contributed by atoms with Crippen LogP contribution in [-0.2, 0) is 11.8 Å². The molecule has 0 saturated heterocycles. The molecule has 1 aromatic rings. The summed E-state index contributed by atoms with van der Waals surface area (Å²) in [6.45, 7) is 4.78. The predicted molar refractivity (Wildman–Crippen MR) is 79.8 cm³/mol. The van der Waals surface area contributed by atoms with Crippen LogP contribution in [0.5, 0.6) is 0 Å². The van der Waals surface area contributed by atoms with Crippen LogP contribution in [0, 0.1) is 5.63 Å². The number of anilines is 1. The zero-order valence-corrected chi connectivity index (χ0v) is 12.3. The average Bonchev–Trinajstić information content (AvgIpc) is 2.21. The summed E-state index contributed by atoms with van der Waals surface area (Å²) in [7, 11) is 0. The molecule has 5 heteroatoms. The number of nitrogens with zero attached hydrogens (tertiary/aromatic N) is 1. The van der Waals surface area contributed by atoms with Crippen molar-refractivity contribution in [3.8, 4) is 5.63 Å².